The first-order valence-corrected chi connectivity index (χ1v) is 12.0. The molecule has 4 rings (SSSR count). The molecule has 1 fully saturated rings. The van der Waals surface area contributed by atoms with Crippen LogP contribution in [-0.2, 0) is 9.63 Å². The van der Waals surface area contributed by atoms with Crippen LogP contribution in [0, 0.1) is 0 Å². The van der Waals surface area contributed by atoms with Crippen LogP contribution in [-0.4, -0.2) is 34.0 Å². The summed E-state index contributed by atoms with van der Waals surface area (Å²) >= 11 is 12.3. The van der Waals surface area contributed by atoms with Gasteiger partial charge in [0.2, 0.25) is 0 Å². The fourth-order valence-electron chi connectivity index (χ4n) is 4.10. The summed E-state index contributed by atoms with van der Waals surface area (Å²) in [5.41, 5.74) is 0.902. The maximum Gasteiger partial charge on any atom is 0.329 e. The number of benzene rings is 2. The summed E-state index contributed by atoms with van der Waals surface area (Å²) in [6.45, 7) is 1.25. The van der Waals surface area contributed by atoms with Gasteiger partial charge in [-0.15, -0.1) is 0 Å². The maximum absolute atomic E-state index is 13.7. The van der Waals surface area contributed by atoms with Crippen molar-refractivity contribution in [3.05, 3.63) is 64.3 Å². The zero-order valence-corrected chi connectivity index (χ0v) is 20.5. The standard InChI is InChI=1S/C25H24Cl2N4O4/c1-15(32)35-31(17-9-3-2-4-10-17)24(33)23-21(14-16-8-5-6-13-20(16)28-23)29-25(34)30-22-18(26)11-7-12-19(22)27/h5-8,11-14,17H,2-4,9-10H2,1H3,(H2,29,30,34). The van der Waals surface area contributed by atoms with Gasteiger partial charge in [0, 0.05) is 12.3 Å². The topological polar surface area (TPSA) is 101 Å². The predicted molar refractivity (Wildman–Crippen MR) is 136 cm³/mol. The number of carbonyl (C=O) groups is 3. The van der Waals surface area contributed by atoms with E-state index in [0.717, 1.165) is 24.3 Å². The first kappa shape index (κ1) is 24.8. The molecule has 8 nitrogen and oxygen atoms in total. The quantitative estimate of drug-likeness (QED) is 0.390. The van der Waals surface area contributed by atoms with Crippen molar-refractivity contribution < 1.29 is 19.2 Å². The highest BCUT2D eigenvalue weighted by atomic mass is 35.5. The van der Waals surface area contributed by atoms with Crippen molar-refractivity contribution in [3.63, 3.8) is 0 Å². The van der Waals surface area contributed by atoms with Crippen molar-refractivity contribution in [1.82, 2.24) is 10.0 Å². The molecule has 1 aliphatic carbocycles. The van der Waals surface area contributed by atoms with Crippen molar-refractivity contribution in [3.8, 4) is 0 Å². The van der Waals surface area contributed by atoms with E-state index < -0.39 is 17.9 Å². The lowest BCUT2D eigenvalue weighted by Gasteiger charge is -2.32. The Morgan fingerprint density at radius 1 is 0.971 bits per heavy atom. The molecule has 0 unspecified atom stereocenters. The number of rotatable bonds is 4. The number of halogens is 2. The number of pyridine rings is 1. The van der Waals surface area contributed by atoms with Gasteiger partial charge in [-0.3, -0.25) is 9.59 Å². The van der Waals surface area contributed by atoms with Gasteiger partial charge in [-0.2, -0.15) is 5.06 Å². The van der Waals surface area contributed by atoms with Gasteiger partial charge in [0.1, 0.15) is 0 Å². The van der Waals surface area contributed by atoms with E-state index in [2.05, 4.69) is 15.6 Å². The Morgan fingerprint density at radius 3 is 2.34 bits per heavy atom. The Bertz CT molecular complexity index is 1260. The molecule has 2 aromatic carbocycles. The lowest BCUT2D eigenvalue weighted by Crippen LogP contribution is -2.43. The smallest absolute Gasteiger partial charge is 0.329 e. The number of para-hydroxylation sites is 2. The molecule has 3 amide bonds. The second kappa shape index (κ2) is 10.9. The summed E-state index contributed by atoms with van der Waals surface area (Å²) in [5.74, 6) is -1.21. The van der Waals surface area contributed by atoms with Crippen molar-refractivity contribution in [2.24, 2.45) is 0 Å². The van der Waals surface area contributed by atoms with Gasteiger partial charge in [-0.1, -0.05) is 66.7 Å². The normalized spacial score (nSPS) is 13.8. The lowest BCUT2D eigenvalue weighted by atomic mass is 9.95. The van der Waals surface area contributed by atoms with E-state index in [1.807, 2.05) is 12.1 Å². The Morgan fingerprint density at radius 2 is 1.66 bits per heavy atom. The molecule has 3 aromatic rings. The van der Waals surface area contributed by atoms with Crippen molar-refractivity contribution in [2.45, 2.75) is 45.1 Å². The average molecular weight is 515 g/mol. The van der Waals surface area contributed by atoms with Gasteiger partial charge in [-0.05, 0) is 37.1 Å². The second-order valence-electron chi connectivity index (χ2n) is 8.26. The highest BCUT2D eigenvalue weighted by Crippen LogP contribution is 2.31. The first-order chi connectivity index (χ1) is 16.8. The first-order valence-electron chi connectivity index (χ1n) is 11.3. The second-order valence-corrected chi connectivity index (χ2v) is 9.07. The highest BCUT2D eigenvalue weighted by Gasteiger charge is 2.32. The zero-order chi connectivity index (χ0) is 24.9. The molecule has 1 saturated carbocycles. The highest BCUT2D eigenvalue weighted by molar-refractivity contribution is 6.39. The number of amides is 3. The SMILES string of the molecule is CC(=O)ON(C(=O)c1nc2ccccc2cc1NC(=O)Nc1c(Cl)cccc1Cl)C1CCCCC1. The summed E-state index contributed by atoms with van der Waals surface area (Å²) in [6.07, 6.45) is 4.33. The van der Waals surface area contributed by atoms with Gasteiger partial charge in [0.05, 0.1) is 33.0 Å². The third-order valence-corrected chi connectivity index (χ3v) is 6.34. The summed E-state index contributed by atoms with van der Waals surface area (Å²) in [5, 5.41) is 7.64. The molecule has 10 heteroatoms. The number of hydrogen-bond acceptors (Lipinski definition) is 5. The predicted octanol–water partition coefficient (Wildman–Crippen LogP) is 6.44. The molecule has 1 aliphatic rings. The van der Waals surface area contributed by atoms with E-state index in [1.165, 1.54) is 6.92 Å². The molecule has 0 atom stereocenters. The van der Waals surface area contributed by atoms with Gasteiger partial charge in [-0.25, -0.2) is 9.78 Å². The lowest BCUT2D eigenvalue weighted by molar-refractivity contribution is -0.185. The minimum absolute atomic E-state index is 0.0454. The van der Waals surface area contributed by atoms with E-state index >= 15 is 0 Å². The number of anilines is 2. The summed E-state index contributed by atoms with van der Waals surface area (Å²) in [7, 11) is 0. The monoisotopic (exact) mass is 514 g/mol. The molecule has 0 spiro atoms. The molecule has 2 N–H and O–H groups in total. The number of fused-ring (bicyclic) bond motifs is 1. The molecule has 0 bridgehead atoms. The number of aromatic nitrogens is 1. The molecule has 1 heterocycles. The largest absolute Gasteiger partial charge is 0.338 e. The maximum atomic E-state index is 13.7. The average Bonchev–Trinajstić information content (AvgIpc) is 2.84. The van der Waals surface area contributed by atoms with Crippen LogP contribution >= 0.6 is 23.2 Å². The Balaban J connectivity index is 1.70. The summed E-state index contributed by atoms with van der Waals surface area (Å²) in [6, 6.07) is 12.8. The van der Waals surface area contributed by atoms with Gasteiger partial charge >= 0.3 is 17.9 Å². The van der Waals surface area contributed by atoms with Crippen LogP contribution in [0.25, 0.3) is 10.9 Å². The van der Waals surface area contributed by atoms with Crippen LogP contribution < -0.4 is 10.6 Å². The Labute approximate surface area is 212 Å². The Kier molecular flexibility index (Phi) is 7.73. The molecule has 182 valence electrons. The van der Waals surface area contributed by atoms with E-state index in [-0.39, 0.29) is 33.2 Å². The van der Waals surface area contributed by atoms with E-state index in [1.54, 1.807) is 36.4 Å². The van der Waals surface area contributed by atoms with Crippen LogP contribution in [0.2, 0.25) is 10.0 Å². The third-order valence-electron chi connectivity index (χ3n) is 5.71. The van der Waals surface area contributed by atoms with Crippen molar-refractivity contribution in [1.29, 1.82) is 0 Å². The number of hydroxylamine groups is 2. The number of nitrogens with one attached hydrogen (secondary N) is 2. The van der Waals surface area contributed by atoms with Crippen LogP contribution in [0.3, 0.4) is 0 Å². The molecule has 1 aromatic heterocycles. The summed E-state index contributed by atoms with van der Waals surface area (Å²) < 4.78 is 0. The minimum Gasteiger partial charge on any atom is -0.338 e. The number of hydrogen-bond donors (Lipinski definition) is 2. The van der Waals surface area contributed by atoms with E-state index in [9.17, 15) is 14.4 Å². The Hall–Kier alpha value is -3.36. The molecule has 0 radical (unpaired) electrons. The van der Waals surface area contributed by atoms with Gasteiger partial charge in [0.25, 0.3) is 0 Å². The molecule has 0 saturated heterocycles. The van der Waals surface area contributed by atoms with Crippen molar-refractivity contribution >= 4 is 63.4 Å². The van der Waals surface area contributed by atoms with E-state index in [4.69, 9.17) is 28.0 Å². The van der Waals surface area contributed by atoms with Crippen LogP contribution in [0.5, 0.6) is 0 Å². The molecular weight excluding hydrogens is 491 g/mol. The van der Waals surface area contributed by atoms with Crippen LogP contribution in [0.15, 0.2) is 48.5 Å². The number of urea groups is 1. The molecule has 0 aliphatic heterocycles. The molecular formula is C25H24Cl2N4O4. The molecule has 35 heavy (non-hydrogen) atoms. The fraction of sp³-hybridized carbons (Fsp3) is 0.280. The number of carbonyl (C=O) groups excluding carboxylic acids is 3. The van der Waals surface area contributed by atoms with Crippen LogP contribution in [0.1, 0.15) is 49.5 Å². The zero-order valence-electron chi connectivity index (χ0n) is 19.0. The third kappa shape index (κ3) is 5.83. The minimum atomic E-state index is -0.664. The number of nitrogens with zero attached hydrogens (tertiary/aromatic N) is 2. The van der Waals surface area contributed by atoms with Gasteiger partial charge in [0.15, 0.2) is 5.69 Å². The summed E-state index contributed by atoms with van der Waals surface area (Å²) in [4.78, 5) is 48.2. The van der Waals surface area contributed by atoms with Gasteiger partial charge < -0.3 is 15.5 Å². The van der Waals surface area contributed by atoms with Crippen LogP contribution in [0.4, 0.5) is 16.2 Å². The van der Waals surface area contributed by atoms with Crippen molar-refractivity contribution in [2.75, 3.05) is 10.6 Å². The fourth-order valence-corrected chi connectivity index (χ4v) is 4.59. The van der Waals surface area contributed by atoms with E-state index in [0.29, 0.717) is 23.7 Å².